The maximum absolute atomic E-state index is 10.6. The summed E-state index contributed by atoms with van der Waals surface area (Å²) in [6.45, 7) is 1.27. The summed E-state index contributed by atoms with van der Waals surface area (Å²) in [7, 11) is 0. The molecule has 0 aliphatic heterocycles. The van der Waals surface area contributed by atoms with Crippen molar-refractivity contribution < 1.29 is 14.3 Å². The lowest BCUT2D eigenvalue weighted by Gasteiger charge is -1.96. The van der Waals surface area contributed by atoms with Crippen LogP contribution in [-0.2, 0) is 4.79 Å². The molecule has 1 amide bonds. The molecule has 0 aliphatic carbocycles. The van der Waals surface area contributed by atoms with Gasteiger partial charge in [0, 0.05) is 5.56 Å². The smallest absolute Gasteiger partial charge is 0.418 e. The van der Waals surface area contributed by atoms with E-state index in [0.29, 0.717) is 11.3 Å². The second-order valence-corrected chi connectivity index (χ2v) is 2.07. The zero-order chi connectivity index (χ0) is 8.97. The minimum absolute atomic E-state index is 0.329. The maximum Gasteiger partial charge on any atom is 0.423 e. The van der Waals surface area contributed by atoms with Crippen molar-refractivity contribution in [2.45, 2.75) is 0 Å². The molecule has 0 aliphatic rings. The molecular formula is C8H6NO3. The zero-order valence-electron chi connectivity index (χ0n) is 6.11. The predicted molar refractivity (Wildman–Crippen MR) is 41.3 cm³/mol. The Hall–Kier alpha value is -1.84. The van der Waals surface area contributed by atoms with E-state index >= 15 is 0 Å². The summed E-state index contributed by atoms with van der Waals surface area (Å²) in [5, 5.41) is 0. The lowest BCUT2D eigenvalue weighted by atomic mass is 10.2. The first-order valence-electron chi connectivity index (χ1n) is 3.18. The molecule has 12 heavy (non-hydrogen) atoms. The number of carbonyl (C=O) groups excluding carboxylic acids is 2. The topological polar surface area (TPSA) is 69.4 Å². The highest BCUT2D eigenvalue weighted by Crippen LogP contribution is 2.10. The van der Waals surface area contributed by atoms with Crippen LogP contribution < -0.4 is 10.5 Å². The largest absolute Gasteiger partial charge is 0.423 e. The number of benzene rings is 1. The van der Waals surface area contributed by atoms with E-state index in [-0.39, 0.29) is 0 Å². The van der Waals surface area contributed by atoms with Gasteiger partial charge in [-0.1, -0.05) is 0 Å². The molecule has 2 N–H and O–H groups in total. The standard InChI is InChI=1S/C8H6NO3/c9-8(11)6-1-3-7(4-2-6)12-5-10/h1-4H,(H2,9,11). The third-order valence-electron chi connectivity index (χ3n) is 1.30. The summed E-state index contributed by atoms with van der Waals surface area (Å²) in [6.07, 6.45) is 0. The van der Waals surface area contributed by atoms with Crippen LogP contribution in [-0.4, -0.2) is 12.4 Å². The Morgan fingerprint density at radius 2 is 1.92 bits per heavy atom. The lowest BCUT2D eigenvalue weighted by Crippen LogP contribution is -2.10. The molecule has 1 aromatic carbocycles. The van der Waals surface area contributed by atoms with Crippen molar-refractivity contribution in [3.05, 3.63) is 29.8 Å². The van der Waals surface area contributed by atoms with Crippen molar-refractivity contribution in [3.63, 3.8) is 0 Å². The van der Waals surface area contributed by atoms with Gasteiger partial charge in [-0.25, -0.2) is 4.79 Å². The van der Waals surface area contributed by atoms with Crippen molar-refractivity contribution in [1.29, 1.82) is 0 Å². The van der Waals surface area contributed by atoms with Crippen molar-refractivity contribution in [3.8, 4) is 5.75 Å². The highest BCUT2D eigenvalue weighted by molar-refractivity contribution is 5.92. The fourth-order valence-electron chi connectivity index (χ4n) is 0.735. The van der Waals surface area contributed by atoms with Gasteiger partial charge in [0.25, 0.3) is 0 Å². The molecule has 0 saturated carbocycles. The summed E-state index contributed by atoms with van der Waals surface area (Å²) in [4.78, 5) is 20.3. The predicted octanol–water partition coefficient (Wildman–Crippen LogP) is 0.232. The fraction of sp³-hybridized carbons (Fsp3) is 0. The van der Waals surface area contributed by atoms with Gasteiger partial charge in [0.2, 0.25) is 5.91 Å². The van der Waals surface area contributed by atoms with Crippen LogP contribution in [0, 0.1) is 0 Å². The molecule has 0 spiro atoms. The molecule has 1 rings (SSSR count). The Labute approximate surface area is 68.9 Å². The van der Waals surface area contributed by atoms with Crippen LogP contribution in [0.15, 0.2) is 24.3 Å². The first-order valence-corrected chi connectivity index (χ1v) is 3.18. The number of hydrogen-bond acceptors (Lipinski definition) is 3. The first-order chi connectivity index (χ1) is 5.74. The maximum atomic E-state index is 10.6. The molecule has 0 heterocycles. The average Bonchev–Trinajstić information content (AvgIpc) is 2.06. The summed E-state index contributed by atoms with van der Waals surface area (Å²) in [5.41, 5.74) is 5.35. The second kappa shape index (κ2) is 3.52. The molecule has 61 valence electrons. The molecule has 0 unspecified atom stereocenters. The zero-order valence-corrected chi connectivity index (χ0v) is 6.11. The SMILES string of the molecule is NC(=O)c1ccc(O[C]=O)cc1. The van der Waals surface area contributed by atoms with Gasteiger partial charge in [0.15, 0.2) is 0 Å². The number of amides is 1. The third-order valence-corrected chi connectivity index (χ3v) is 1.30. The molecule has 4 heteroatoms. The van der Waals surface area contributed by atoms with Gasteiger partial charge in [0.1, 0.15) is 5.75 Å². The molecular weight excluding hydrogens is 158 g/mol. The van der Waals surface area contributed by atoms with E-state index in [2.05, 4.69) is 4.74 Å². The summed E-state index contributed by atoms with van der Waals surface area (Å²) in [5.74, 6) is -0.188. The van der Waals surface area contributed by atoms with Crippen molar-refractivity contribution in [2.75, 3.05) is 0 Å². The molecule has 0 saturated heterocycles. The van der Waals surface area contributed by atoms with E-state index in [0.717, 1.165) is 0 Å². The van der Waals surface area contributed by atoms with Crippen molar-refractivity contribution >= 4 is 12.4 Å². The van der Waals surface area contributed by atoms with E-state index < -0.39 is 5.91 Å². The normalized spacial score (nSPS) is 9.00. The van der Waals surface area contributed by atoms with Gasteiger partial charge in [-0.05, 0) is 24.3 Å². The number of carbonyl (C=O) groups is 1. The highest BCUT2D eigenvalue weighted by Gasteiger charge is 1.99. The van der Waals surface area contributed by atoms with Crippen LogP contribution in [0.4, 0.5) is 0 Å². The van der Waals surface area contributed by atoms with Gasteiger partial charge in [-0.2, -0.15) is 0 Å². The molecule has 0 fully saturated rings. The Morgan fingerprint density at radius 1 is 1.33 bits per heavy atom. The summed E-state index contributed by atoms with van der Waals surface area (Å²) >= 11 is 0. The van der Waals surface area contributed by atoms with Crippen molar-refractivity contribution in [1.82, 2.24) is 0 Å². The molecule has 0 aromatic heterocycles. The third kappa shape index (κ3) is 1.82. The minimum atomic E-state index is -0.517. The van der Waals surface area contributed by atoms with Gasteiger partial charge >= 0.3 is 6.47 Å². The van der Waals surface area contributed by atoms with E-state index in [1.807, 2.05) is 0 Å². The van der Waals surface area contributed by atoms with E-state index in [1.165, 1.54) is 30.7 Å². The second-order valence-electron chi connectivity index (χ2n) is 2.07. The fourth-order valence-corrected chi connectivity index (χ4v) is 0.735. The number of primary amides is 1. The van der Waals surface area contributed by atoms with Gasteiger partial charge in [-0.3, -0.25) is 4.79 Å². The van der Waals surface area contributed by atoms with Crippen molar-refractivity contribution in [2.24, 2.45) is 5.73 Å². The average molecular weight is 164 g/mol. The number of hydrogen-bond donors (Lipinski definition) is 1. The monoisotopic (exact) mass is 164 g/mol. The van der Waals surface area contributed by atoms with Crippen LogP contribution in [0.2, 0.25) is 0 Å². The molecule has 0 bridgehead atoms. The van der Waals surface area contributed by atoms with Crippen LogP contribution in [0.1, 0.15) is 10.4 Å². The molecule has 1 aromatic rings. The molecule has 1 radical (unpaired) electrons. The quantitative estimate of drug-likeness (QED) is 0.695. The van der Waals surface area contributed by atoms with Crippen LogP contribution in [0.25, 0.3) is 0 Å². The number of rotatable bonds is 3. The highest BCUT2D eigenvalue weighted by atomic mass is 16.5. The molecule has 4 nitrogen and oxygen atoms in total. The van der Waals surface area contributed by atoms with Crippen LogP contribution in [0.3, 0.4) is 0 Å². The Bertz CT molecular complexity index is 292. The minimum Gasteiger partial charge on any atom is -0.418 e. The lowest BCUT2D eigenvalue weighted by molar-refractivity contribution is 0.100. The summed E-state index contributed by atoms with van der Waals surface area (Å²) in [6, 6.07) is 5.86. The molecule has 0 atom stereocenters. The van der Waals surface area contributed by atoms with E-state index in [4.69, 9.17) is 5.73 Å². The Balaban J connectivity index is 2.85. The van der Waals surface area contributed by atoms with Crippen LogP contribution in [0.5, 0.6) is 5.75 Å². The van der Waals surface area contributed by atoms with E-state index in [1.54, 1.807) is 0 Å². The van der Waals surface area contributed by atoms with Gasteiger partial charge < -0.3 is 10.5 Å². The van der Waals surface area contributed by atoms with E-state index in [9.17, 15) is 9.59 Å². The number of ether oxygens (including phenoxy) is 1. The number of nitrogens with two attached hydrogens (primary N) is 1. The van der Waals surface area contributed by atoms with Crippen LogP contribution >= 0.6 is 0 Å². The Kier molecular flexibility index (Phi) is 2.42. The van der Waals surface area contributed by atoms with Gasteiger partial charge in [-0.15, -0.1) is 0 Å². The van der Waals surface area contributed by atoms with Gasteiger partial charge in [0.05, 0.1) is 0 Å². The Morgan fingerprint density at radius 3 is 2.33 bits per heavy atom. The summed E-state index contributed by atoms with van der Waals surface area (Å²) < 4.78 is 4.38. The first kappa shape index (κ1) is 8.26.